The van der Waals surface area contributed by atoms with E-state index in [4.69, 9.17) is 9.84 Å². The van der Waals surface area contributed by atoms with Crippen molar-refractivity contribution in [3.63, 3.8) is 0 Å². The molecule has 1 heterocycles. The fourth-order valence-electron chi connectivity index (χ4n) is 2.76. The molecule has 5 heteroatoms. The average Bonchev–Trinajstić information content (AvgIpc) is 2.81. The maximum absolute atomic E-state index is 10.5. The molecule has 24 heavy (non-hydrogen) atoms. The van der Waals surface area contributed by atoms with Gasteiger partial charge in [-0.05, 0) is 51.6 Å². The third-order valence-electron chi connectivity index (χ3n) is 4.22. The number of hydrogen-bond acceptors (Lipinski definition) is 4. The van der Waals surface area contributed by atoms with Crippen molar-refractivity contribution in [1.29, 1.82) is 0 Å². The summed E-state index contributed by atoms with van der Waals surface area (Å²) in [5, 5.41) is 8.67. The zero-order valence-electron chi connectivity index (χ0n) is 15.4. The van der Waals surface area contributed by atoms with Crippen molar-refractivity contribution in [2.45, 2.75) is 45.4 Å². The lowest BCUT2D eigenvalue weighted by Crippen LogP contribution is -2.35. The SMILES string of the molecule is CC/C=C(\C=C/CC(=O)O)OCCN(C)CCN1CCCCCC1. The van der Waals surface area contributed by atoms with Crippen molar-refractivity contribution in [3.05, 3.63) is 24.0 Å². The van der Waals surface area contributed by atoms with E-state index in [1.165, 1.54) is 38.8 Å². The average molecular weight is 338 g/mol. The van der Waals surface area contributed by atoms with Gasteiger partial charge in [0, 0.05) is 19.6 Å². The lowest BCUT2D eigenvalue weighted by Gasteiger charge is -2.24. The maximum atomic E-state index is 10.5. The van der Waals surface area contributed by atoms with Crippen LogP contribution in [-0.2, 0) is 9.53 Å². The zero-order chi connectivity index (χ0) is 17.6. The monoisotopic (exact) mass is 338 g/mol. The topological polar surface area (TPSA) is 53.0 Å². The lowest BCUT2D eigenvalue weighted by atomic mass is 10.2. The molecule has 0 aromatic heterocycles. The van der Waals surface area contributed by atoms with E-state index in [2.05, 4.69) is 16.8 Å². The summed E-state index contributed by atoms with van der Waals surface area (Å²) in [5.41, 5.74) is 0. The second-order valence-corrected chi connectivity index (χ2v) is 6.42. The van der Waals surface area contributed by atoms with Crippen LogP contribution in [0.2, 0.25) is 0 Å². The second kappa shape index (κ2) is 13.0. The quantitative estimate of drug-likeness (QED) is 0.463. The fraction of sp³-hybridized carbons (Fsp3) is 0.737. The van der Waals surface area contributed by atoms with Crippen molar-refractivity contribution in [2.24, 2.45) is 0 Å². The fourth-order valence-corrected chi connectivity index (χ4v) is 2.76. The van der Waals surface area contributed by atoms with E-state index in [1.807, 2.05) is 13.0 Å². The van der Waals surface area contributed by atoms with Gasteiger partial charge in [0.25, 0.3) is 0 Å². The highest BCUT2D eigenvalue weighted by atomic mass is 16.5. The Bertz CT molecular complexity index is 399. The summed E-state index contributed by atoms with van der Waals surface area (Å²) >= 11 is 0. The number of allylic oxidation sites excluding steroid dienone is 2. The number of carboxylic acid groups (broad SMARTS) is 1. The highest BCUT2D eigenvalue weighted by molar-refractivity contribution is 5.68. The molecule has 1 aliphatic rings. The van der Waals surface area contributed by atoms with E-state index in [-0.39, 0.29) is 6.42 Å². The van der Waals surface area contributed by atoms with Gasteiger partial charge in [0.05, 0.1) is 6.42 Å². The summed E-state index contributed by atoms with van der Waals surface area (Å²) in [4.78, 5) is 15.4. The van der Waals surface area contributed by atoms with E-state index >= 15 is 0 Å². The molecule has 0 amide bonds. The Morgan fingerprint density at radius 1 is 1.21 bits per heavy atom. The molecule has 5 nitrogen and oxygen atoms in total. The van der Waals surface area contributed by atoms with Gasteiger partial charge in [-0.2, -0.15) is 0 Å². The number of hydrogen-bond donors (Lipinski definition) is 1. The number of likely N-dealkylation sites (tertiary alicyclic amines) is 1. The molecular weight excluding hydrogens is 304 g/mol. The van der Waals surface area contributed by atoms with Gasteiger partial charge in [-0.15, -0.1) is 0 Å². The summed E-state index contributed by atoms with van der Waals surface area (Å²) < 4.78 is 5.77. The van der Waals surface area contributed by atoms with Gasteiger partial charge in [0.1, 0.15) is 12.4 Å². The van der Waals surface area contributed by atoms with Crippen molar-refractivity contribution < 1.29 is 14.6 Å². The molecule has 1 fully saturated rings. The lowest BCUT2D eigenvalue weighted by molar-refractivity contribution is -0.136. The predicted molar refractivity (Wildman–Crippen MR) is 98.1 cm³/mol. The van der Waals surface area contributed by atoms with Crippen LogP contribution in [0.5, 0.6) is 0 Å². The Morgan fingerprint density at radius 2 is 1.92 bits per heavy atom. The minimum Gasteiger partial charge on any atom is -0.493 e. The van der Waals surface area contributed by atoms with Crippen molar-refractivity contribution >= 4 is 5.97 Å². The smallest absolute Gasteiger partial charge is 0.307 e. The van der Waals surface area contributed by atoms with Crippen molar-refractivity contribution in [2.75, 3.05) is 46.4 Å². The first-order chi connectivity index (χ1) is 11.6. The molecule has 0 spiro atoms. The molecule has 0 radical (unpaired) electrons. The Hall–Kier alpha value is -1.33. The van der Waals surface area contributed by atoms with Crippen LogP contribution in [0.1, 0.15) is 45.4 Å². The van der Waals surface area contributed by atoms with Crippen molar-refractivity contribution in [3.8, 4) is 0 Å². The van der Waals surface area contributed by atoms with Crippen LogP contribution in [0.4, 0.5) is 0 Å². The van der Waals surface area contributed by atoms with Crippen LogP contribution in [0.15, 0.2) is 24.0 Å². The number of ether oxygens (including phenoxy) is 1. The van der Waals surface area contributed by atoms with Gasteiger partial charge in [-0.1, -0.05) is 25.8 Å². The van der Waals surface area contributed by atoms with Crippen LogP contribution >= 0.6 is 0 Å². The largest absolute Gasteiger partial charge is 0.493 e. The molecule has 0 aliphatic carbocycles. The van der Waals surface area contributed by atoms with E-state index in [9.17, 15) is 4.79 Å². The van der Waals surface area contributed by atoms with E-state index in [0.29, 0.717) is 6.61 Å². The normalized spacial score (nSPS) is 17.4. The van der Waals surface area contributed by atoms with Crippen LogP contribution in [0.3, 0.4) is 0 Å². The number of likely N-dealkylation sites (N-methyl/N-ethyl adjacent to an activating group) is 1. The molecule has 1 saturated heterocycles. The first-order valence-corrected chi connectivity index (χ1v) is 9.24. The third kappa shape index (κ3) is 10.4. The first kappa shape index (κ1) is 20.7. The highest BCUT2D eigenvalue weighted by Gasteiger charge is 2.09. The predicted octanol–water partition coefficient (Wildman–Crippen LogP) is 3.14. The third-order valence-corrected chi connectivity index (χ3v) is 4.22. The Morgan fingerprint density at radius 3 is 2.54 bits per heavy atom. The van der Waals surface area contributed by atoms with E-state index < -0.39 is 5.97 Å². The summed E-state index contributed by atoms with van der Waals surface area (Å²) in [6, 6.07) is 0. The van der Waals surface area contributed by atoms with Gasteiger partial charge in [0.15, 0.2) is 0 Å². The van der Waals surface area contributed by atoms with Crippen LogP contribution in [-0.4, -0.2) is 67.3 Å². The van der Waals surface area contributed by atoms with Gasteiger partial charge in [0.2, 0.25) is 0 Å². The highest BCUT2D eigenvalue weighted by Crippen LogP contribution is 2.09. The zero-order valence-corrected chi connectivity index (χ0v) is 15.4. The summed E-state index contributed by atoms with van der Waals surface area (Å²) in [6.07, 6.45) is 11.7. The Balaban J connectivity index is 2.21. The minimum absolute atomic E-state index is 0.0279. The number of nitrogens with zero attached hydrogens (tertiary/aromatic N) is 2. The Kier molecular flexibility index (Phi) is 11.2. The number of rotatable bonds is 11. The van der Waals surface area contributed by atoms with Crippen LogP contribution in [0, 0.1) is 0 Å². The molecule has 1 aliphatic heterocycles. The molecule has 0 aromatic rings. The molecule has 0 atom stereocenters. The van der Waals surface area contributed by atoms with Gasteiger partial charge in [-0.25, -0.2) is 0 Å². The molecular formula is C19H34N2O3. The second-order valence-electron chi connectivity index (χ2n) is 6.42. The standard InChI is InChI=1S/C19H34N2O3/c1-3-9-18(10-8-11-19(22)23)24-17-16-20(2)14-15-21-12-6-4-5-7-13-21/h8-10H,3-7,11-17H2,1-2H3,(H,22,23)/b10-8-,18-9+. The molecule has 0 bridgehead atoms. The molecule has 0 unspecified atom stereocenters. The van der Waals surface area contributed by atoms with Crippen LogP contribution < -0.4 is 0 Å². The summed E-state index contributed by atoms with van der Waals surface area (Å²) in [6.45, 7) is 8.21. The van der Waals surface area contributed by atoms with Crippen molar-refractivity contribution in [1.82, 2.24) is 9.80 Å². The Labute approximate surface area is 147 Å². The molecule has 1 N–H and O–H groups in total. The summed E-state index contributed by atoms with van der Waals surface area (Å²) in [7, 11) is 2.13. The molecule has 0 saturated carbocycles. The maximum Gasteiger partial charge on any atom is 0.307 e. The minimum atomic E-state index is -0.824. The van der Waals surface area contributed by atoms with Gasteiger partial charge >= 0.3 is 5.97 Å². The number of carbonyl (C=O) groups is 1. The first-order valence-electron chi connectivity index (χ1n) is 9.24. The molecule has 138 valence electrons. The molecule has 1 rings (SSSR count). The number of carboxylic acids is 1. The van der Waals surface area contributed by atoms with Gasteiger partial charge < -0.3 is 19.6 Å². The molecule has 0 aromatic carbocycles. The van der Waals surface area contributed by atoms with Gasteiger partial charge in [-0.3, -0.25) is 4.79 Å². The number of aliphatic carboxylic acids is 1. The van der Waals surface area contributed by atoms with Crippen LogP contribution in [0.25, 0.3) is 0 Å². The van der Waals surface area contributed by atoms with E-state index in [0.717, 1.165) is 31.8 Å². The summed E-state index contributed by atoms with van der Waals surface area (Å²) in [5.74, 6) is -0.0602. The van der Waals surface area contributed by atoms with E-state index in [1.54, 1.807) is 12.2 Å².